The van der Waals surface area contributed by atoms with Crippen molar-refractivity contribution in [2.45, 2.75) is 66.5 Å². The van der Waals surface area contributed by atoms with Crippen LogP contribution in [-0.4, -0.2) is 41.1 Å². The lowest BCUT2D eigenvalue weighted by molar-refractivity contribution is -0.135. The fourth-order valence-electron chi connectivity index (χ4n) is 5.60. The highest BCUT2D eigenvalue weighted by Crippen LogP contribution is 2.52. The van der Waals surface area contributed by atoms with E-state index in [9.17, 15) is 9.59 Å². The third-order valence-corrected chi connectivity index (χ3v) is 6.72. The summed E-state index contributed by atoms with van der Waals surface area (Å²) in [7, 11) is 0. The fourth-order valence-corrected chi connectivity index (χ4v) is 5.60. The number of ether oxygens (including phenoxy) is 2. The van der Waals surface area contributed by atoms with Gasteiger partial charge >= 0.3 is 5.97 Å². The van der Waals surface area contributed by atoms with E-state index in [0.29, 0.717) is 17.9 Å². The van der Waals surface area contributed by atoms with Gasteiger partial charge in [0.05, 0.1) is 16.8 Å². The number of carbonyl (C=O) groups excluding carboxylic acids is 2. The minimum Gasteiger partial charge on any atom is -0.489 e. The molecule has 2 aromatic rings. The molecular formula is C25H32N2O5. The number of benzene rings is 1. The average Bonchev–Trinajstić information content (AvgIpc) is 3.18. The van der Waals surface area contributed by atoms with Crippen LogP contribution in [0.1, 0.15) is 67.4 Å². The summed E-state index contributed by atoms with van der Waals surface area (Å²) < 4.78 is 16.2. The lowest BCUT2D eigenvalue weighted by Gasteiger charge is -2.39. The molecule has 2 bridgehead atoms. The van der Waals surface area contributed by atoms with Gasteiger partial charge in [0.15, 0.2) is 6.61 Å². The van der Waals surface area contributed by atoms with Crippen LogP contribution in [0.25, 0.3) is 0 Å². The van der Waals surface area contributed by atoms with Crippen molar-refractivity contribution in [2.75, 3.05) is 13.2 Å². The van der Waals surface area contributed by atoms with Gasteiger partial charge in [-0.05, 0) is 68.2 Å². The number of carbonyl (C=O) groups is 2. The first-order valence-corrected chi connectivity index (χ1v) is 11.2. The fraction of sp³-hybridized carbons (Fsp3) is 0.560. The molecular weight excluding hydrogens is 408 g/mol. The van der Waals surface area contributed by atoms with E-state index in [4.69, 9.17) is 14.0 Å². The largest absolute Gasteiger partial charge is 0.489 e. The first-order valence-electron chi connectivity index (χ1n) is 11.2. The molecule has 2 aliphatic rings. The van der Waals surface area contributed by atoms with Crippen molar-refractivity contribution in [2.24, 2.45) is 10.8 Å². The highest BCUT2D eigenvalue weighted by Gasteiger charge is 2.50. The molecule has 2 heterocycles. The topological polar surface area (TPSA) is 81.9 Å². The summed E-state index contributed by atoms with van der Waals surface area (Å²) >= 11 is 0. The quantitative estimate of drug-likeness (QED) is 0.617. The zero-order valence-corrected chi connectivity index (χ0v) is 19.6. The van der Waals surface area contributed by atoms with Gasteiger partial charge in [0, 0.05) is 12.6 Å². The summed E-state index contributed by atoms with van der Waals surface area (Å²) in [6, 6.07) is 6.94. The van der Waals surface area contributed by atoms with Crippen molar-refractivity contribution in [1.82, 2.24) is 10.1 Å². The van der Waals surface area contributed by atoms with Crippen LogP contribution in [-0.2, 0) is 16.1 Å². The molecule has 1 aromatic heterocycles. The van der Waals surface area contributed by atoms with Gasteiger partial charge in [0.2, 0.25) is 0 Å². The first-order chi connectivity index (χ1) is 15.1. The third-order valence-electron chi connectivity index (χ3n) is 6.72. The van der Waals surface area contributed by atoms with E-state index < -0.39 is 5.97 Å². The van der Waals surface area contributed by atoms with Crippen LogP contribution >= 0.6 is 0 Å². The zero-order chi connectivity index (χ0) is 23.1. The summed E-state index contributed by atoms with van der Waals surface area (Å²) in [4.78, 5) is 27.2. The molecule has 1 aliphatic carbocycles. The number of nitrogens with zero attached hydrogens (tertiary/aromatic N) is 2. The maximum Gasteiger partial charge on any atom is 0.338 e. The molecule has 0 spiro atoms. The summed E-state index contributed by atoms with van der Waals surface area (Å²) in [5.41, 5.74) is 2.49. The maximum atomic E-state index is 12.8. The van der Waals surface area contributed by atoms with Crippen molar-refractivity contribution in [3.05, 3.63) is 46.8 Å². The molecule has 7 heteroatoms. The van der Waals surface area contributed by atoms with Gasteiger partial charge in [-0.2, -0.15) is 0 Å². The predicted molar refractivity (Wildman–Crippen MR) is 118 cm³/mol. The Bertz CT molecular complexity index is 990. The minimum absolute atomic E-state index is 0.107. The molecule has 0 radical (unpaired) electrons. The molecule has 172 valence electrons. The second-order valence-corrected chi connectivity index (χ2v) is 10.4. The number of aryl methyl sites for hydroxylation is 2. The highest BCUT2D eigenvalue weighted by atomic mass is 16.5. The van der Waals surface area contributed by atoms with Crippen LogP contribution < -0.4 is 4.74 Å². The maximum absolute atomic E-state index is 12.8. The van der Waals surface area contributed by atoms with Crippen molar-refractivity contribution in [1.29, 1.82) is 0 Å². The van der Waals surface area contributed by atoms with Gasteiger partial charge in [-0.3, -0.25) is 4.79 Å². The molecule has 1 saturated heterocycles. The number of hydrogen-bond donors (Lipinski definition) is 0. The van der Waals surface area contributed by atoms with Crippen molar-refractivity contribution in [3.63, 3.8) is 0 Å². The van der Waals surface area contributed by atoms with Crippen molar-refractivity contribution in [3.8, 4) is 5.75 Å². The van der Waals surface area contributed by atoms with Gasteiger partial charge in [0.25, 0.3) is 5.91 Å². The molecule has 32 heavy (non-hydrogen) atoms. The van der Waals surface area contributed by atoms with Crippen LogP contribution in [0.4, 0.5) is 0 Å². The normalized spacial score (nSPS) is 23.8. The predicted octanol–water partition coefficient (Wildman–Crippen LogP) is 4.45. The molecule has 0 unspecified atom stereocenters. The molecule has 1 amide bonds. The zero-order valence-electron chi connectivity index (χ0n) is 19.6. The summed E-state index contributed by atoms with van der Waals surface area (Å²) in [6.45, 7) is 11.4. The smallest absolute Gasteiger partial charge is 0.338 e. The minimum atomic E-state index is -0.510. The Hall–Kier alpha value is -2.83. The average molecular weight is 441 g/mol. The molecule has 1 aliphatic heterocycles. The molecule has 2 atom stereocenters. The van der Waals surface area contributed by atoms with Gasteiger partial charge in [-0.15, -0.1) is 0 Å². The van der Waals surface area contributed by atoms with Crippen LogP contribution in [0.5, 0.6) is 5.75 Å². The van der Waals surface area contributed by atoms with E-state index in [1.807, 2.05) is 18.7 Å². The van der Waals surface area contributed by atoms with Crippen LogP contribution in [0.3, 0.4) is 0 Å². The lowest BCUT2D eigenvalue weighted by Crippen LogP contribution is -2.39. The third kappa shape index (κ3) is 4.66. The Morgan fingerprint density at radius 2 is 1.88 bits per heavy atom. The molecule has 0 N–H and O–H groups in total. The SMILES string of the molecule is Cc1noc(C)c1COc1ccc(C(=O)OCC(=O)N2C[C@@]3(C)C[C@H]2CC(C)(C)C3)cc1. The number of rotatable bonds is 6. The molecule has 4 rings (SSSR count). The Morgan fingerprint density at radius 3 is 2.53 bits per heavy atom. The molecule has 1 aromatic carbocycles. The van der Waals surface area contributed by atoms with Crippen LogP contribution in [0.2, 0.25) is 0 Å². The molecule has 1 saturated carbocycles. The number of likely N-dealkylation sites (tertiary alicyclic amines) is 1. The van der Waals surface area contributed by atoms with Gasteiger partial charge < -0.3 is 18.9 Å². The summed E-state index contributed by atoms with van der Waals surface area (Å²) in [5.74, 6) is 0.734. The van der Waals surface area contributed by atoms with Crippen molar-refractivity contribution < 1.29 is 23.6 Å². The highest BCUT2D eigenvalue weighted by molar-refractivity contribution is 5.91. The van der Waals surface area contributed by atoms with Crippen LogP contribution in [0.15, 0.2) is 28.8 Å². The number of hydrogen-bond acceptors (Lipinski definition) is 6. The Balaban J connectivity index is 1.29. The van der Waals surface area contributed by atoms with Crippen LogP contribution in [0, 0.1) is 24.7 Å². The second-order valence-electron chi connectivity index (χ2n) is 10.4. The Morgan fingerprint density at radius 1 is 1.16 bits per heavy atom. The van der Waals surface area contributed by atoms with Crippen molar-refractivity contribution >= 4 is 11.9 Å². The monoisotopic (exact) mass is 440 g/mol. The van der Waals surface area contributed by atoms with E-state index in [1.54, 1.807) is 24.3 Å². The summed E-state index contributed by atoms with van der Waals surface area (Å²) in [5, 5.41) is 3.91. The second kappa shape index (κ2) is 8.26. The van der Waals surface area contributed by atoms with E-state index >= 15 is 0 Å². The first kappa shape index (κ1) is 22.4. The van der Waals surface area contributed by atoms with E-state index in [2.05, 4.69) is 25.9 Å². The lowest BCUT2D eigenvalue weighted by atomic mass is 9.65. The van der Waals surface area contributed by atoms with E-state index in [1.165, 1.54) is 0 Å². The Kier molecular flexibility index (Phi) is 5.77. The number of amides is 1. The van der Waals surface area contributed by atoms with Gasteiger partial charge in [-0.1, -0.05) is 25.9 Å². The van der Waals surface area contributed by atoms with E-state index in [0.717, 1.165) is 42.8 Å². The van der Waals surface area contributed by atoms with Gasteiger partial charge in [0.1, 0.15) is 18.1 Å². The standard InChI is InChI=1S/C25H32N2O5/c1-16-21(17(2)32-26-16)12-30-20-8-6-18(7-9-20)23(29)31-13-22(28)27-15-25(5)11-19(27)10-24(3,4)14-25/h6-9,19H,10-15H2,1-5H3/t19-,25+/m1/s1. The molecule has 2 fully saturated rings. The number of esters is 1. The molecule has 7 nitrogen and oxygen atoms in total. The van der Waals surface area contributed by atoms with Gasteiger partial charge in [-0.25, -0.2) is 4.79 Å². The summed E-state index contributed by atoms with van der Waals surface area (Å²) in [6.07, 6.45) is 3.15. The Labute approximate surface area is 189 Å². The number of aromatic nitrogens is 1. The van der Waals surface area contributed by atoms with E-state index in [-0.39, 0.29) is 29.4 Å². The number of fused-ring (bicyclic) bond motifs is 2.